The van der Waals surface area contributed by atoms with Gasteiger partial charge in [0, 0.05) is 6.42 Å². The van der Waals surface area contributed by atoms with Crippen LogP contribution < -0.4 is 0 Å². The number of aliphatic carboxylic acids is 1. The van der Waals surface area contributed by atoms with Crippen LogP contribution in [0.1, 0.15) is 29.7 Å². The van der Waals surface area contributed by atoms with E-state index in [0.29, 0.717) is 23.7 Å². The molecule has 1 heterocycles. The maximum absolute atomic E-state index is 12.0. The van der Waals surface area contributed by atoms with Crippen molar-refractivity contribution in [3.63, 3.8) is 0 Å². The molecule has 1 N–H and O–H groups in total. The van der Waals surface area contributed by atoms with Crippen LogP contribution in [0.25, 0.3) is 0 Å². The molecule has 1 atom stereocenters. The van der Waals surface area contributed by atoms with E-state index < -0.39 is 11.4 Å². The molecule has 2 aromatic rings. The molecule has 3 rings (SSSR count). The normalized spacial score (nSPS) is 20.8. The van der Waals surface area contributed by atoms with Gasteiger partial charge in [-0.1, -0.05) is 35.9 Å². The lowest BCUT2D eigenvalue weighted by Gasteiger charge is -2.35. The van der Waals surface area contributed by atoms with Gasteiger partial charge < -0.3 is 5.11 Å². The molecule has 1 aliphatic carbocycles. The van der Waals surface area contributed by atoms with Crippen molar-refractivity contribution in [3.8, 4) is 0 Å². The Hall–Kier alpha value is -1.94. The van der Waals surface area contributed by atoms with Gasteiger partial charge in [-0.05, 0) is 30.4 Å². The number of hydrogen-bond acceptors (Lipinski definition) is 3. The van der Waals surface area contributed by atoms with Gasteiger partial charge in [-0.2, -0.15) is 0 Å². The molecule has 0 radical (unpaired) electrons. The van der Waals surface area contributed by atoms with Crippen LogP contribution >= 0.6 is 11.6 Å². The van der Waals surface area contributed by atoms with E-state index in [-0.39, 0.29) is 0 Å². The SMILES string of the molecule is O=C(O)C1(Cc2cnc(Cl)cn2)CCCc2ccccc21. The van der Waals surface area contributed by atoms with E-state index in [9.17, 15) is 9.90 Å². The standard InChI is InChI=1S/C16H15ClN2O2/c17-14-10-18-12(9-19-14)8-16(15(20)21)7-3-5-11-4-1-2-6-13(11)16/h1-2,4,6,9-10H,3,5,7-8H2,(H,20,21). The Morgan fingerprint density at radius 2 is 2.10 bits per heavy atom. The number of carboxylic acids is 1. The highest BCUT2D eigenvalue weighted by Crippen LogP contribution is 2.40. The molecule has 0 amide bonds. The molecular formula is C16H15ClN2O2. The fourth-order valence-corrected chi connectivity index (χ4v) is 3.24. The summed E-state index contributed by atoms with van der Waals surface area (Å²) < 4.78 is 0. The van der Waals surface area contributed by atoms with E-state index >= 15 is 0 Å². The van der Waals surface area contributed by atoms with Gasteiger partial charge in [-0.3, -0.25) is 9.78 Å². The van der Waals surface area contributed by atoms with Crippen LogP contribution in [0.2, 0.25) is 5.15 Å². The molecule has 4 nitrogen and oxygen atoms in total. The summed E-state index contributed by atoms with van der Waals surface area (Å²) in [6.45, 7) is 0. The molecule has 0 spiro atoms. The number of carboxylic acid groups (broad SMARTS) is 1. The lowest BCUT2D eigenvalue weighted by molar-refractivity contribution is -0.144. The van der Waals surface area contributed by atoms with Gasteiger partial charge in [0.15, 0.2) is 0 Å². The van der Waals surface area contributed by atoms with Crippen molar-refractivity contribution in [2.45, 2.75) is 31.1 Å². The summed E-state index contributed by atoms with van der Waals surface area (Å²) in [5.41, 5.74) is 1.75. The topological polar surface area (TPSA) is 63.1 Å². The molecule has 1 aliphatic rings. The van der Waals surface area contributed by atoms with Gasteiger partial charge in [0.05, 0.1) is 23.5 Å². The lowest BCUT2D eigenvalue weighted by Crippen LogP contribution is -2.41. The van der Waals surface area contributed by atoms with E-state index in [2.05, 4.69) is 9.97 Å². The number of halogens is 1. The highest BCUT2D eigenvalue weighted by Gasteiger charge is 2.43. The first-order valence-electron chi connectivity index (χ1n) is 6.90. The summed E-state index contributed by atoms with van der Waals surface area (Å²) in [7, 11) is 0. The average molecular weight is 303 g/mol. The lowest BCUT2D eigenvalue weighted by atomic mass is 9.67. The molecule has 108 valence electrons. The maximum Gasteiger partial charge on any atom is 0.314 e. The molecule has 1 unspecified atom stereocenters. The third-order valence-corrected chi connectivity index (χ3v) is 4.34. The van der Waals surface area contributed by atoms with Crippen LogP contribution in [0.15, 0.2) is 36.7 Å². The number of fused-ring (bicyclic) bond motifs is 1. The summed E-state index contributed by atoms with van der Waals surface area (Å²) >= 11 is 5.74. The number of benzene rings is 1. The summed E-state index contributed by atoms with van der Waals surface area (Å²) in [5.74, 6) is -0.800. The van der Waals surface area contributed by atoms with Crippen LogP contribution in [0.3, 0.4) is 0 Å². The highest BCUT2D eigenvalue weighted by molar-refractivity contribution is 6.29. The van der Waals surface area contributed by atoms with Crippen molar-refractivity contribution in [1.82, 2.24) is 9.97 Å². The first-order valence-corrected chi connectivity index (χ1v) is 7.28. The number of aromatic nitrogens is 2. The van der Waals surface area contributed by atoms with Gasteiger partial charge in [0.2, 0.25) is 0 Å². The third kappa shape index (κ3) is 2.51. The Bertz CT molecular complexity index is 672. The number of carbonyl (C=O) groups is 1. The van der Waals surface area contributed by atoms with Crippen molar-refractivity contribution < 1.29 is 9.90 Å². The van der Waals surface area contributed by atoms with Gasteiger partial charge in [0.25, 0.3) is 0 Å². The first kappa shape index (κ1) is 14.0. The Morgan fingerprint density at radius 3 is 2.81 bits per heavy atom. The van der Waals surface area contributed by atoms with Crippen molar-refractivity contribution >= 4 is 17.6 Å². The van der Waals surface area contributed by atoms with Crippen LogP contribution in [0, 0.1) is 0 Å². The zero-order chi connectivity index (χ0) is 14.9. The number of rotatable bonds is 3. The summed E-state index contributed by atoms with van der Waals surface area (Å²) in [4.78, 5) is 20.3. The van der Waals surface area contributed by atoms with Crippen molar-refractivity contribution in [3.05, 3.63) is 58.6 Å². The summed E-state index contributed by atoms with van der Waals surface area (Å²) in [6.07, 6.45) is 5.76. The number of aryl methyl sites for hydroxylation is 1. The second-order valence-corrected chi connectivity index (χ2v) is 5.79. The smallest absolute Gasteiger partial charge is 0.314 e. The number of nitrogens with zero attached hydrogens (tertiary/aromatic N) is 2. The van der Waals surface area contributed by atoms with E-state index in [4.69, 9.17) is 11.6 Å². The second kappa shape index (κ2) is 5.45. The van der Waals surface area contributed by atoms with E-state index in [1.165, 1.54) is 6.20 Å². The molecule has 0 saturated carbocycles. The molecule has 1 aromatic heterocycles. The molecule has 1 aromatic carbocycles. The Labute approximate surface area is 127 Å². The molecule has 21 heavy (non-hydrogen) atoms. The molecule has 0 aliphatic heterocycles. The largest absolute Gasteiger partial charge is 0.481 e. The fourth-order valence-electron chi connectivity index (χ4n) is 3.14. The van der Waals surface area contributed by atoms with E-state index in [1.807, 2.05) is 24.3 Å². The van der Waals surface area contributed by atoms with Crippen LogP contribution in [-0.4, -0.2) is 21.0 Å². The Kier molecular flexibility index (Phi) is 3.64. The minimum atomic E-state index is -0.919. The maximum atomic E-state index is 12.0. The zero-order valence-corrected chi connectivity index (χ0v) is 12.2. The van der Waals surface area contributed by atoms with E-state index in [0.717, 1.165) is 24.0 Å². The molecule has 0 saturated heterocycles. The summed E-state index contributed by atoms with van der Waals surface area (Å²) in [6, 6.07) is 7.79. The van der Waals surface area contributed by atoms with Gasteiger partial charge in [-0.15, -0.1) is 0 Å². The monoisotopic (exact) mass is 302 g/mol. The minimum absolute atomic E-state index is 0.312. The fraction of sp³-hybridized carbons (Fsp3) is 0.312. The molecule has 0 bridgehead atoms. The second-order valence-electron chi connectivity index (χ2n) is 5.41. The Balaban J connectivity index is 2.05. The van der Waals surface area contributed by atoms with Gasteiger partial charge in [-0.25, -0.2) is 4.98 Å². The minimum Gasteiger partial charge on any atom is -0.481 e. The predicted molar refractivity (Wildman–Crippen MR) is 79.4 cm³/mol. The third-order valence-electron chi connectivity index (χ3n) is 4.15. The van der Waals surface area contributed by atoms with Crippen LogP contribution in [-0.2, 0) is 23.1 Å². The van der Waals surface area contributed by atoms with Crippen molar-refractivity contribution in [2.75, 3.05) is 0 Å². The van der Waals surface area contributed by atoms with E-state index in [1.54, 1.807) is 6.20 Å². The highest BCUT2D eigenvalue weighted by atomic mass is 35.5. The van der Waals surface area contributed by atoms with Crippen LogP contribution in [0.4, 0.5) is 0 Å². The van der Waals surface area contributed by atoms with Gasteiger partial charge >= 0.3 is 5.97 Å². The predicted octanol–water partition coefficient (Wildman–Crippen LogP) is 3.03. The van der Waals surface area contributed by atoms with Gasteiger partial charge in [0.1, 0.15) is 5.15 Å². The van der Waals surface area contributed by atoms with Crippen molar-refractivity contribution in [2.24, 2.45) is 0 Å². The molecule has 5 heteroatoms. The molecular weight excluding hydrogens is 288 g/mol. The Morgan fingerprint density at radius 1 is 1.29 bits per heavy atom. The zero-order valence-electron chi connectivity index (χ0n) is 11.4. The molecule has 0 fully saturated rings. The average Bonchev–Trinajstić information content (AvgIpc) is 2.50. The van der Waals surface area contributed by atoms with Crippen LogP contribution in [0.5, 0.6) is 0 Å². The quantitative estimate of drug-likeness (QED) is 0.946. The van der Waals surface area contributed by atoms with Crippen molar-refractivity contribution in [1.29, 1.82) is 0 Å². The number of hydrogen-bond donors (Lipinski definition) is 1. The first-order chi connectivity index (χ1) is 10.1. The summed E-state index contributed by atoms with van der Waals surface area (Å²) in [5, 5.41) is 10.2.